The topological polar surface area (TPSA) is 98.8 Å². The van der Waals surface area contributed by atoms with E-state index in [0.29, 0.717) is 28.1 Å². The molecule has 4 rings (SSSR count). The summed E-state index contributed by atoms with van der Waals surface area (Å²) in [7, 11) is 0. The molecule has 30 heavy (non-hydrogen) atoms. The van der Waals surface area contributed by atoms with E-state index in [2.05, 4.69) is 20.6 Å². The smallest absolute Gasteiger partial charge is 0.151 e. The van der Waals surface area contributed by atoms with E-state index in [0.717, 1.165) is 4.73 Å². The minimum Gasteiger partial charge on any atom is -0.427 e. The maximum absolute atomic E-state index is 14.7. The number of aromatic nitrogens is 3. The molecule has 0 saturated heterocycles. The summed E-state index contributed by atoms with van der Waals surface area (Å²) in [6, 6.07) is 8.91. The SMILES string of the molecule is N#Cc1cnc2c(F)cc(NCc3cncn3O)cc2c1Nc1ccc(F)c(Cl)c1. The summed E-state index contributed by atoms with van der Waals surface area (Å²) in [6.07, 6.45) is 3.96. The molecule has 0 unspecified atom stereocenters. The first kappa shape index (κ1) is 19.4. The van der Waals surface area contributed by atoms with Crippen molar-refractivity contribution in [2.24, 2.45) is 0 Å². The van der Waals surface area contributed by atoms with Crippen molar-refractivity contribution in [2.75, 3.05) is 10.6 Å². The number of rotatable bonds is 5. The van der Waals surface area contributed by atoms with Gasteiger partial charge in [0.1, 0.15) is 23.7 Å². The van der Waals surface area contributed by atoms with Gasteiger partial charge >= 0.3 is 0 Å². The van der Waals surface area contributed by atoms with Gasteiger partial charge in [-0.2, -0.15) is 9.99 Å². The molecule has 0 atom stereocenters. The molecular formula is C20H13ClF2N6O. The van der Waals surface area contributed by atoms with Crippen LogP contribution in [0.15, 0.2) is 49.1 Å². The van der Waals surface area contributed by atoms with Crippen LogP contribution in [0.2, 0.25) is 5.02 Å². The average molecular weight is 427 g/mol. The Morgan fingerprint density at radius 2 is 1.97 bits per heavy atom. The van der Waals surface area contributed by atoms with Crippen LogP contribution in [0.1, 0.15) is 11.3 Å². The van der Waals surface area contributed by atoms with E-state index in [1.165, 1.54) is 43.0 Å². The van der Waals surface area contributed by atoms with Crippen molar-refractivity contribution in [3.8, 4) is 6.07 Å². The van der Waals surface area contributed by atoms with Crippen LogP contribution in [0.3, 0.4) is 0 Å². The number of fused-ring (bicyclic) bond motifs is 1. The number of halogens is 3. The van der Waals surface area contributed by atoms with Crippen molar-refractivity contribution in [2.45, 2.75) is 6.54 Å². The molecule has 10 heteroatoms. The lowest BCUT2D eigenvalue weighted by Gasteiger charge is -2.14. The number of nitrogens with one attached hydrogen (secondary N) is 2. The lowest BCUT2D eigenvalue weighted by molar-refractivity contribution is 0.177. The van der Waals surface area contributed by atoms with Gasteiger partial charge in [0.2, 0.25) is 0 Å². The van der Waals surface area contributed by atoms with Crippen LogP contribution in [-0.2, 0) is 6.54 Å². The van der Waals surface area contributed by atoms with Crippen molar-refractivity contribution in [1.82, 2.24) is 14.7 Å². The van der Waals surface area contributed by atoms with Gasteiger partial charge in [-0.1, -0.05) is 11.6 Å². The number of benzene rings is 2. The third-order valence-electron chi connectivity index (χ3n) is 4.40. The van der Waals surface area contributed by atoms with Crippen molar-refractivity contribution in [3.05, 3.63) is 77.0 Å². The second kappa shape index (κ2) is 7.85. The highest BCUT2D eigenvalue weighted by Gasteiger charge is 2.15. The highest BCUT2D eigenvalue weighted by Crippen LogP contribution is 2.33. The van der Waals surface area contributed by atoms with Gasteiger partial charge in [0, 0.05) is 23.0 Å². The first-order valence-electron chi connectivity index (χ1n) is 8.65. The summed E-state index contributed by atoms with van der Waals surface area (Å²) < 4.78 is 29.0. The zero-order valence-corrected chi connectivity index (χ0v) is 16.0. The molecule has 0 spiro atoms. The van der Waals surface area contributed by atoms with Gasteiger partial charge < -0.3 is 15.8 Å². The van der Waals surface area contributed by atoms with E-state index in [9.17, 15) is 19.2 Å². The molecule has 0 fully saturated rings. The predicted octanol–water partition coefficient (Wildman–Crippen LogP) is 4.83. The van der Waals surface area contributed by atoms with E-state index in [1.54, 1.807) is 6.07 Å². The number of nitriles is 1. The van der Waals surface area contributed by atoms with Gasteiger partial charge in [0.25, 0.3) is 0 Å². The Kier molecular flexibility index (Phi) is 5.08. The molecule has 0 amide bonds. The monoisotopic (exact) mass is 426 g/mol. The number of imidazole rings is 1. The van der Waals surface area contributed by atoms with Gasteiger partial charge in [0.05, 0.1) is 34.7 Å². The average Bonchev–Trinajstić information content (AvgIpc) is 3.14. The number of hydrogen-bond acceptors (Lipinski definition) is 6. The van der Waals surface area contributed by atoms with Crippen molar-refractivity contribution < 1.29 is 14.0 Å². The summed E-state index contributed by atoms with van der Waals surface area (Å²) in [5.74, 6) is -1.18. The van der Waals surface area contributed by atoms with Crippen LogP contribution in [0.25, 0.3) is 10.9 Å². The Morgan fingerprint density at radius 3 is 2.67 bits per heavy atom. The molecular weight excluding hydrogens is 414 g/mol. The molecule has 0 radical (unpaired) electrons. The molecule has 7 nitrogen and oxygen atoms in total. The summed E-state index contributed by atoms with van der Waals surface area (Å²) >= 11 is 5.84. The molecule has 2 heterocycles. The normalized spacial score (nSPS) is 10.7. The molecule has 0 bridgehead atoms. The van der Waals surface area contributed by atoms with Crippen LogP contribution >= 0.6 is 11.6 Å². The molecule has 2 aromatic heterocycles. The summed E-state index contributed by atoms with van der Waals surface area (Å²) in [5.41, 5.74) is 1.83. The third-order valence-corrected chi connectivity index (χ3v) is 4.69. The summed E-state index contributed by atoms with van der Waals surface area (Å²) in [4.78, 5) is 7.85. The van der Waals surface area contributed by atoms with Crippen molar-refractivity contribution >= 4 is 39.6 Å². The lowest BCUT2D eigenvalue weighted by Crippen LogP contribution is -2.05. The number of pyridine rings is 1. The van der Waals surface area contributed by atoms with E-state index < -0.39 is 11.6 Å². The fourth-order valence-electron chi connectivity index (χ4n) is 2.93. The van der Waals surface area contributed by atoms with Crippen molar-refractivity contribution in [3.63, 3.8) is 0 Å². The van der Waals surface area contributed by atoms with Crippen molar-refractivity contribution in [1.29, 1.82) is 5.26 Å². The third kappa shape index (κ3) is 3.68. The standard InChI is InChI=1S/C20H13ClF2N6O/c21-16-4-12(1-2-17(16)22)28-19-11(6-24)7-27-20-15(19)3-13(5-18(20)23)26-9-14-8-25-10-29(14)30/h1-5,7-8,10,26,30H,9H2,(H,27,28). The summed E-state index contributed by atoms with van der Waals surface area (Å²) in [5, 5.41) is 25.4. The fourth-order valence-corrected chi connectivity index (χ4v) is 3.11. The minimum atomic E-state index is -0.600. The molecule has 0 aliphatic carbocycles. The van der Waals surface area contributed by atoms with Gasteiger partial charge in [-0.05, 0) is 30.3 Å². The summed E-state index contributed by atoms with van der Waals surface area (Å²) in [6.45, 7) is 0.184. The van der Waals surface area contributed by atoms with E-state index in [4.69, 9.17) is 11.6 Å². The molecule has 150 valence electrons. The molecule has 4 aromatic rings. The molecule has 0 saturated carbocycles. The van der Waals surface area contributed by atoms with Crippen LogP contribution in [-0.4, -0.2) is 19.9 Å². The van der Waals surface area contributed by atoms with Gasteiger partial charge in [-0.25, -0.2) is 13.8 Å². The lowest BCUT2D eigenvalue weighted by atomic mass is 10.1. The fraction of sp³-hybridized carbons (Fsp3) is 0.0500. The second-order valence-electron chi connectivity index (χ2n) is 6.35. The van der Waals surface area contributed by atoms with E-state index in [1.807, 2.05) is 6.07 Å². The van der Waals surface area contributed by atoms with Crippen LogP contribution in [0.5, 0.6) is 0 Å². The molecule has 0 aliphatic rings. The highest BCUT2D eigenvalue weighted by molar-refractivity contribution is 6.31. The largest absolute Gasteiger partial charge is 0.427 e. The maximum Gasteiger partial charge on any atom is 0.151 e. The Bertz CT molecular complexity index is 1300. The van der Waals surface area contributed by atoms with Gasteiger partial charge in [0.15, 0.2) is 5.82 Å². The van der Waals surface area contributed by atoms with E-state index in [-0.39, 0.29) is 22.6 Å². The van der Waals surface area contributed by atoms with Crippen LogP contribution < -0.4 is 10.6 Å². The number of hydrogen-bond donors (Lipinski definition) is 3. The van der Waals surface area contributed by atoms with E-state index >= 15 is 0 Å². The Morgan fingerprint density at radius 1 is 1.13 bits per heavy atom. The van der Waals surface area contributed by atoms with Gasteiger partial charge in [-0.3, -0.25) is 4.98 Å². The zero-order chi connectivity index (χ0) is 21.3. The quantitative estimate of drug-likeness (QED) is 0.395. The Labute approximate surface area is 174 Å². The predicted molar refractivity (Wildman–Crippen MR) is 108 cm³/mol. The molecule has 3 N–H and O–H groups in total. The first-order chi connectivity index (χ1) is 14.5. The minimum absolute atomic E-state index is 0.0578. The number of nitrogens with zero attached hydrogens (tertiary/aromatic N) is 4. The highest BCUT2D eigenvalue weighted by atomic mass is 35.5. The van der Waals surface area contributed by atoms with Crippen LogP contribution in [0, 0.1) is 23.0 Å². The molecule has 0 aliphatic heterocycles. The molecule has 2 aromatic carbocycles. The number of anilines is 3. The second-order valence-corrected chi connectivity index (χ2v) is 6.76. The Balaban J connectivity index is 1.77. The van der Waals surface area contributed by atoms with Gasteiger partial charge in [-0.15, -0.1) is 0 Å². The first-order valence-corrected chi connectivity index (χ1v) is 9.03. The zero-order valence-electron chi connectivity index (χ0n) is 15.2. The Hall–Kier alpha value is -3.90. The maximum atomic E-state index is 14.7. The van der Waals surface area contributed by atoms with Crippen LogP contribution in [0.4, 0.5) is 25.8 Å².